The van der Waals surface area contributed by atoms with Crippen molar-refractivity contribution >= 4 is 21.6 Å². The molecule has 1 N–H and O–H groups in total. The molecule has 0 spiro atoms. The van der Waals surface area contributed by atoms with Crippen LogP contribution in [0.25, 0.3) is 0 Å². The van der Waals surface area contributed by atoms with Crippen LogP contribution in [0.2, 0.25) is 0 Å². The molecule has 1 fully saturated rings. The Morgan fingerprint density at radius 1 is 1.18 bits per heavy atom. The summed E-state index contributed by atoms with van der Waals surface area (Å²) in [6, 6.07) is 5.06. The van der Waals surface area contributed by atoms with E-state index in [1.54, 1.807) is 44.2 Å². The molecule has 3 rings (SSSR count). The maximum atomic E-state index is 13.4. The van der Waals surface area contributed by atoms with Crippen molar-refractivity contribution in [1.29, 1.82) is 0 Å². The number of fused-ring (bicyclic) bond motifs is 1. The van der Waals surface area contributed by atoms with Gasteiger partial charge in [-0.3, -0.25) is 14.4 Å². The number of nitrogens with zero attached hydrogens (tertiary/aromatic N) is 2. The van der Waals surface area contributed by atoms with Crippen LogP contribution in [-0.2, 0) is 14.8 Å². The zero-order chi connectivity index (χ0) is 24.9. The fourth-order valence-electron chi connectivity index (χ4n) is 4.95. The number of rotatable bonds is 6. The molecular formula is C25H41N3O5S. The van der Waals surface area contributed by atoms with E-state index in [1.165, 1.54) is 25.7 Å². The number of carbonyl (C=O) groups excluding carboxylic acids is 1. The lowest BCUT2D eigenvalue weighted by Gasteiger charge is -2.37. The van der Waals surface area contributed by atoms with Crippen LogP contribution in [0.15, 0.2) is 18.2 Å². The molecule has 0 bridgehead atoms. The standard InChI is InChI=1S/C25H41N3O5S/c1-6-34(30,31)26-21-11-12-23-22(13-21)25(29)27(4)16-24(32-5)18(2)14-28(19(3)17-33-23)15-20-9-7-8-10-20/h11-13,18-20,24,26H,6-10,14-17H2,1-5H3/t18-,19+,24+/m0/s1. The number of anilines is 1. The van der Waals surface area contributed by atoms with Gasteiger partial charge < -0.3 is 14.4 Å². The number of amides is 1. The molecule has 192 valence electrons. The summed E-state index contributed by atoms with van der Waals surface area (Å²) in [5, 5.41) is 0. The zero-order valence-corrected chi connectivity index (χ0v) is 22.1. The van der Waals surface area contributed by atoms with E-state index in [-0.39, 0.29) is 29.7 Å². The molecule has 8 nitrogen and oxygen atoms in total. The van der Waals surface area contributed by atoms with Crippen molar-refractivity contribution in [3.8, 4) is 5.75 Å². The number of hydrogen-bond donors (Lipinski definition) is 1. The van der Waals surface area contributed by atoms with Gasteiger partial charge in [-0.1, -0.05) is 19.8 Å². The summed E-state index contributed by atoms with van der Waals surface area (Å²) in [6.07, 6.45) is 5.07. The van der Waals surface area contributed by atoms with Gasteiger partial charge in [0.25, 0.3) is 5.91 Å². The Bertz CT molecular complexity index is 932. The monoisotopic (exact) mass is 495 g/mol. The lowest BCUT2D eigenvalue weighted by atomic mass is 9.99. The van der Waals surface area contributed by atoms with Crippen molar-refractivity contribution in [3.05, 3.63) is 23.8 Å². The second-order valence-electron chi connectivity index (χ2n) is 9.92. The van der Waals surface area contributed by atoms with Gasteiger partial charge in [-0.2, -0.15) is 0 Å². The molecule has 1 aliphatic heterocycles. The molecule has 1 amide bonds. The Hall–Kier alpha value is -1.84. The van der Waals surface area contributed by atoms with E-state index in [1.807, 2.05) is 0 Å². The summed E-state index contributed by atoms with van der Waals surface area (Å²) in [4.78, 5) is 17.5. The molecule has 2 aliphatic rings. The predicted octanol–water partition coefficient (Wildman–Crippen LogP) is 3.44. The van der Waals surface area contributed by atoms with Crippen LogP contribution in [0.1, 0.15) is 56.8 Å². The molecule has 9 heteroatoms. The number of benzene rings is 1. The maximum Gasteiger partial charge on any atom is 0.257 e. The third kappa shape index (κ3) is 6.86. The lowest BCUT2D eigenvalue weighted by Crippen LogP contribution is -2.47. The topological polar surface area (TPSA) is 88.2 Å². The molecule has 0 saturated heterocycles. The number of likely N-dealkylation sites (N-methyl/N-ethyl adjacent to an activating group) is 1. The Labute approximate surface area is 205 Å². The lowest BCUT2D eigenvalue weighted by molar-refractivity contribution is 0.00814. The molecule has 3 atom stereocenters. The van der Waals surface area contributed by atoms with E-state index in [4.69, 9.17) is 9.47 Å². The van der Waals surface area contributed by atoms with Gasteiger partial charge in [-0.05, 0) is 56.7 Å². The summed E-state index contributed by atoms with van der Waals surface area (Å²) in [7, 11) is -0.0126. The van der Waals surface area contributed by atoms with Crippen LogP contribution in [0.4, 0.5) is 5.69 Å². The molecule has 0 radical (unpaired) electrons. The highest BCUT2D eigenvalue weighted by Crippen LogP contribution is 2.29. The minimum atomic E-state index is -3.46. The summed E-state index contributed by atoms with van der Waals surface area (Å²) >= 11 is 0. The molecule has 1 aromatic rings. The van der Waals surface area contributed by atoms with Crippen LogP contribution in [-0.4, -0.2) is 82.4 Å². The van der Waals surface area contributed by atoms with Gasteiger partial charge >= 0.3 is 0 Å². The molecule has 1 heterocycles. The third-order valence-corrected chi connectivity index (χ3v) is 8.50. The van der Waals surface area contributed by atoms with Gasteiger partial charge in [-0.15, -0.1) is 0 Å². The van der Waals surface area contributed by atoms with Gasteiger partial charge in [0.15, 0.2) is 0 Å². The van der Waals surface area contributed by atoms with Crippen molar-refractivity contribution in [2.24, 2.45) is 11.8 Å². The molecule has 1 aliphatic carbocycles. The van der Waals surface area contributed by atoms with Crippen LogP contribution < -0.4 is 9.46 Å². The first-order valence-corrected chi connectivity index (χ1v) is 14.1. The Morgan fingerprint density at radius 2 is 1.88 bits per heavy atom. The number of methoxy groups -OCH3 is 1. The minimum absolute atomic E-state index is 0.0455. The highest BCUT2D eigenvalue weighted by Gasteiger charge is 2.30. The SMILES string of the molecule is CCS(=O)(=O)Nc1ccc2c(c1)C(=O)N(C)C[C@@H](OC)[C@@H](C)CN(CC1CCCC1)[C@H](C)CO2. The van der Waals surface area contributed by atoms with Crippen LogP contribution >= 0.6 is 0 Å². The normalized spacial score (nSPS) is 25.9. The molecule has 34 heavy (non-hydrogen) atoms. The van der Waals surface area contributed by atoms with E-state index in [0.29, 0.717) is 36.1 Å². The van der Waals surface area contributed by atoms with Crippen LogP contribution in [0, 0.1) is 11.8 Å². The summed E-state index contributed by atoms with van der Waals surface area (Å²) in [5.74, 6) is 1.14. The third-order valence-electron chi connectivity index (χ3n) is 7.19. The van der Waals surface area contributed by atoms with E-state index in [9.17, 15) is 13.2 Å². The first kappa shape index (κ1) is 26.8. The fraction of sp³-hybridized carbons (Fsp3) is 0.720. The molecular weight excluding hydrogens is 454 g/mol. The van der Waals surface area contributed by atoms with E-state index < -0.39 is 10.0 Å². The minimum Gasteiger partial charge on any atom is -0.491 e. The molecule has 0 aromatic heterocycles. The summed E-state index contributed by atoms with van der Waals surface area (Å²) < 4.78 is 38.7. The quantitative estimate of drug-likeness (QED) is 0.650. The van der Waals surface area contributed by atoms with Crippen molar-refractivity contribution in [2.75, 3.05) is 50.9 Å². The molecule has 1 aromatic carbocycles. The Morgan fingerprint density at radius 3 is 2.53 bits per heavy atom. The van der Waals surface area contributed by atoms with Crippen molar-refractivity contribution in [2.45, 2.75) is 58.6 Å². The summed E-state index contributed by atoms with van der Waals surface area (Å²) in [6.45, 7) is 8.74. The van der Waals surface area contributed by atoms with Crippen molar-refractivity contribution < 1.29 is 22.7 Å². The highest BCUT2D eigenvalue weighted by molar-refractivity contribution is 7.92. The average Bonchev–Trinajstić information content (AvgIpc) is 3.32. The Balaban J connectivity index is 1.92. The number of hydrogen-bond acceptors (Lipinski definition) is 6. The summed E-state index contributed by atoms with van der Waals surface area (Å²) in [5.41, 5.74) is 0.696. The van der Waals surface area contributed by atoms with Gasteiger partial charge in [0, 0.05) is 45.5 Å². The van der Waals surface area contributed by atoms with Gasteiger partial charge in [-0.25, -0.2) is 8.42 Å². The van der Waals surface area contributed by atoms with Crippen LogP contribution in [0.5, 0.6) is 5.75 Å². The maximum absolute atomic E-state index is 13.4. The number of sulfonamides is 1. The second kappa shape index (κ2) is 11.7. The number of nitrogens with one attached hydrogen (secondary N) is 1. The van der Waals surface area contributed by atoms with E-state index in [0.717, 1.165) is 13.1 Å². The number of carbonyl (C=O) groups is 1. The van der Waals surface area contributed by atoms with Gasteiger partial charge in [0.1, 0.15) is 12.4 Å². The second-order valence-corrected chi connectivity index (χ2v) is 11.9. The van der Waals surface area contributed by atoms with Gasteiger partial charge in [0.2, 0.25) is 10.0 Å². The van der Waals surface area contributed by atoms with Crippen LogP contribution in [0.3, 0.4) is 0 Å². The Kier molecular flexibility index (Phi) is 9.23. The van der Waals surface area contributed by atoms with Gasteiger partial charge in [0.05, 0.1) is 17.4 Å². The molecule has 1 saturated carbocycles. The highest BCUT2D eigenvalue weighted by atomic mass is 32.2. The number of ether oxygens (including phenoxy) is 2. The zero-order valence-electron chi connectivity index (χ0n) is 21.2. The van der Waals surface area contributed by atoms with Crippen molar-refractivity contribution in [1.82, 2.24) is 9.80 Å². The smallest absolute Gasteiger partial charge is 0.257 e. The van der Waals surface area contributed by atoms with E-state index in [2.05, 4.69) is 23.5 Å². The molecule has 0 unspecified atom stereocenters. The predicted molar refractivity (Wildman–Crippen MR) is 135 cm³/mol. The van der Waals surface area contributed by atoms with E-state index >= 15 is 0 Å². The fourth-order valence-corrected chi connectivity index (χ4v) is 5.58. The average molecular weight is 496 g/mol. The largest absolute Gasteiger partial charge is 0.491 e. The first-order valence-electron chi connectivity index (χ1n) is 12.4. The van der Waals surface area contributed by atoms with Crippen molar-refractivity contribution in [3.63, 3.8) is 0 Å². The first-order chi connectivity index (χ1) is 16.1.